The van der Waals surface area contributed by atoms with E-state index in [4.69, 9.17) is 4.74 Å². The van der Waals surface area contributed by atoms with E-state index in [0.29, 0.717) is 11.9 Å². The Morgan fingerprint density at radius 3 is 2.62 bits per heavy atom. The van der Waals surface area contributed by atoms with Crippen LogP contribution in [-0.4, -0.2) is 33.2 Å². The third-order valence-electron chi connectivity index (χ3n) is 7.27. The zero-order valence-electron chi connectivity index (χ0n) is 20.3. The lowest BCUT2D eigenvalue weighted by Gasteiger charge is -2.32. The highest BCUT2D eigenvalue weighted by Gasteiger charge is 2.31. The van der Waals surface area contributed by atoms with E-state index in [0.717, 1.165) is 46.3 Å². The monoisotopic (exact) mass is 514 g/mol. The summed E-state index contributed by atoms with van der Waals surface area (Å²) in [6.45, 7) is 2.86. The number of rotatable bonds is 5. The minimum Gasteiger partial charge on any atom is -0.477 e. The molecule has 4 aromatic rings. The summed E-state index contributed by atoms with van der Waals surface area (Å²) in [5.74, 6) is -1.20. The largest absolute Gasteiger partial charge is 0.477 e. The van der Waals surface area contributed by atoms with E-state index in [1.807, 2.05) is 54.0 Å². The number of amides is 1. The van der Waals surface area contributed by atoms with Crippen LogP contribution in [0.25, 0.3) is 21.3 Å². The zero-order valence-corrected chi connectivity index (χ0v) is 21.2. The third-order valence-corrected chi connectivity index (χ3v) is 8.53. The van der Waals surface area contributed by atoms with Crippen molar-refractivity contribution in [1.82, 2.24) is 9.47 Å². The SMILES string of the molecule is CC1c2cc(-c3ccc4c(=O)c(C(=O)O)cn(C5CC5)c4c3)sc2CCN1C(=O)OCc1ccccc1. The highest BCUT2D eigenvalue weighted by Crippen LogP contribution is 2.42. The molecule has 37 heavy (non-hydrogen) atoms. The van der Waals surface area contributed by atoms with Gasteiger partial charge < -0.3 is 19.3 Å². The first-order valence-corrected chi connectivity index (χ1v) is 13.2. The van der Waals surface area contributed by atoms with Crippen LogP contribution in [0, 0.1) is 0 Å². The second-order valence-electron chi connectivity index (χ2n) is 9.70. The summed E-state index contributed by atoms with van der Waals surface area (Å²) in [6, 6.07) is 17.5. The van der Waals surface area contributed by atoms with Gasteiger partial charge in [0.15, 0.2) is 0 Å². The second-order valence-corrected chi connectivity index (χ2v) is 10.8. The summed E-state index contributed by atoms with van der Waals surface area (Å²) in [5, 5.41) is 9.93. The van der Waals surface area contributed by atoms with Gasteiger partial charge in [0.05, 0.1) is 11.6 Å². The lowest BCUT2D eigenvalue weighted by molar-refractivity contribution is 0.0694. The number of hydrogen-bond donors (Lipinski definition) is 1. The van der Waals surface area contributed by atoms with Crippen LogP contribution in [-0.2, 0) is 17.8 Å². The standard InChI is InChI=1S/C29H26N2O5S/c1-17-22-14-26(37-25(22)11-12-30(17)29(35)36-16-18-5-3-2-4-6-18)19-7-10-21-24(13-19)31(20-8-9-20)15-23(27(21)32)28(33)34/h2-7,10,13-15,17,20H,8-9,11-12,16H2,1H3,(H,33,34). The number of carbonyl (C=O) groups excluding carboxylic acids is 1. The van der Waals surface area contributed by atoms with Gasteiger partial charge in [0.25, 0.3) is 0 Å². The lowest BCUT2D eigenvalue weighted by Crippen LogP contribution is -2.38. The van der Waals surface area contributed by atoms with Crippen LogP contribution in [0.4, 0.5) is 4.79 Å². The van der Waals surface area contributed by atoms with Crippen molar-refractivity contribution in [2.24, 2.45) is 0 Å². The van der Waals surface area contributed by atoms with Crippen molar-refractivity contribution in [1.29, 1.82) is 0 Å². The summed E-state index contributed by atoms with van der Waals surface area (Å²) < 4.78 is 7.54. The maximum atomic E-state index is 12.9. The van der Waals surface area contributed by atoms with E-state index in [-0.39, 0.29) is 30.3 Å². The minimum atomic E-state index is -1.20. The maximum Gasteiger partial charge on any atom is 0.410 e. The number of nitrogens with zero attached hydrogens (tertiary/aromatic N) is 2. The molecular weight excluding hydrogens is 488 g/mol. The molecular formula is C29H26N2O5S. The average molecular weight is 515 g/mol. The van der Waals surface area contributed by atoms with Gasteiger partial charge in [-0.1, -0.05) is 36.4 Å². The van der Waals surface area contributed by atoms with Gasteiger partial charge in [-0.25, -0.2) is 9.59 Å². The van der Waals surface area contributed by atoms with E-state index in [1.54, 1.807) is 22.3 Å². The van der Waals surface area contributed by atoms with Crippen molar-refractivity contribution >= 4 is 34.3 Å². The van der Waals surface area contributed by atoms with Gasteiger partial charge >= 0.3 is 12.1 Å². The molecule has 6 rings (SSSR count). The van der Waals surface area contributed by atoms with E-state index in [9.17, 15) is 19.5 Å². The van der Waals surface area contributed by atoms with Gasteiger partial charge in [0, 0.05) is 33.9 Å². The number of aromatic carboxylic acids is 1. The van der Waals surface area contributed by atoms with Gasteiger partial charge in [-0.3, -0.25) is 4.79 Å². The Balaban J connectivity index is 1.29. The smallest absolute Gasteiger partial charge is 0.410 e. The highest BCUT2D eigenvalue weighted by atomic mass is 32.1. The molecule has 1 aliphatic carbocycles. The number of ether oxygens (including phenoxy) is 1. The summed E-state index contributed by atoms with van der Waals surface area (Å²) in [4.78, 5) is 41.4. The molecule has 2 aromatic carbocycles. The first kappa shape index (κ1) is 23.5. The Bertz CT molecular complexity index is 1590. The van der Waals surface area contributed by atoms with Gasteiger partial charge in [-0.15, -0.1) is 11.3 Å². The van der Waals surface area contributed by atoms with Gasteiger partial charge in [0.1, 0.15) is 12.2 Å². The number of carbonyl (C=O) groups is 2. The molecule has 0 radical (unpaired) electrons. The third kappa shape index (κ3) is 4.31. The zero-order chi connectivity index (χ0) is 25.7. The van der Waals surface area contributed by atoms with Crippen molar-refractivity contribution < 1.29 is 19.4 Å². The molecule has 7 nitrogen and oxygen atoms in total. The molecule has 1 N–H and O–H groups in total. The second kappa shape index (κ2) is 9.19. The molecule has 1 unspecified atom stereocenters. The number of carboxylic acid groups (broad SMARTS) is 1. The number of carboxylic acids is 1. The maximum absolute atomic E-state index is 12.9. The number of aromatic nitrogens is 1. The lowest BCUT2D eigenvalue weighted by atomic mass is 10.0. The summed E-state index contributed by atoms with van der Waals surface area (Å²) in [5.41, 5.74) is 3.18. The molecule has 1 saturated carbocycles. The normalized spacial score (nSPS) is 17.0. The van der Waals surface area contributed by atoms with Crippen LogP contribution in [0.1, 0.15) is 58.2 Å². The fourth-order valence-corrected chi connectivity index (χ4v) is 6.32. The molecule has 0 bridgehead atoms. The average Bonchev–Trinajstić information content (AvgIpc) is 3.65. The Hall–Kier alpha value is -3.91. The summed E-state index contributed by atoms with van der Waals surface area (Å²) >= 11 is 1.71. The van der Waals surface area contributed by atoms with Crippen molar-refractivity contribution in [2.45, 2.75) is 44.9 Å². The number of hydrogen-bond acceptors (Lipinski definition) is 5. The summed E-state index contributed by atoms with van der Waals surface area (Å²) in [7, 11) is 0. The molecule has 0 saturated heterocycles. The Kier molecular flexibility index (Phi) is 5.83. The number of benzene rings is 2. The predicted molar refractivity (Wildman–Crippen MR) is 142 cm³/mol. The highest BCUT2D eigenvalue weighted by molar-refractivity contribution is 7.15. The molecule has 188 valence electrons. The van der Waals surface area contributed by atoms with Crippen molar-refractivity contribution in [3.8, 4) is 10.4 Å². The number of fused-ring (bicyclic) bond motifs is 2. The Morgan fingerprint density at radius 2 is 1.89 bits per heavy atom. The fourth-order valence-electron chi connectivity index (χ4n) is 5.08. The Labute approximate surface area is 217 Å². The van der Waals surface area contributed by atoms with Crippen molar-refractivity contribution in [2.75, 3.05) is 6.54 Å². The first-order valence-electron chi connectivity index (χ1n) is 12.4. The van der Waals surface area contributed by atoms with E-state index in [1.165, 1.54) is 11.1 Å². The molecule has 1 fully saturated rings. The summed E-state index contributed by atoms with van der Waals surface area (Å²) in [6.07, 6.45) is 3.88. The predicted octanol–water partition coefficient (Wildman–Crippen LogP) is 6.02. The molecule has 0 spiro atoms. The molecule has 1 atom stereocenters. The topological polar surface area (TPSA) is 88.8 Å². The molecule has 3 heterocycles. The minimum absolute atomic E-state index is 0.111. The van der Waals surface area contributed by atoms with Crippen molar-refractivity contribution in [3.05, 3.63) is 92.6 Å². The molecule has 2 aromatic heterocycles. The molecule has 1 aliphatic heterocycles. The van der Waals surface area contributed by atoms with Crippen LogP contribution in [0.5, 0.6) is 0 Å². The van der Waals surface area contributed by atoms with Crippen LogP contribution in [0.15, 0.2) is 65.6 Å². The number of pyridine rings is 1. The fraction of sp³-hybridized carbons (Fsp3) is 0.276. The molecule has 8 heteroatoms. The quantitative estimate of drug-likeness (QED) is 0.352. The van der Waals surface area contributed by atoms with E-state index < -0.39 is 11.4 Å². The van der Waals surface area contributed by atoms with Crippen LogP contribution in [0.3, 0.4) is 0 Å². The van der Waals surface area contributed by atoms with Crippen LogP contribution < -0.4 is 5.43 Å². The molecule has 2 aliphatic rings. The van der Waals surface area contributed by atoms with Gasteiger partial charge in [-0.05, 0) is 61.1 Å². The van der Waals surface area contributed by atoms with Crippen LogP contribution in [0.2, 0.25) is 0 Å². The Morgan fingerprint density at radius 1 is 1.11 bits per heavy atom. The van der Waals surface area contributed by atoms with Crippen LogP contribution >= 0.6 is 11.3 Å². The molecule has 1 amide bonds. The van der Waals surface area contributed by atoms with Crippen molar-refractivity contribution in [3.63, 3.8) is 0 Å². The van der Waals surface area contributed by atoms with E-state index >= 15 is 0 Å². The van der Waals surface area contributed by atoms with Gasteiger partial charge in [-0.2, -0.15) is 0 Å². The first-order chi connectivity index (χ1) is 17.9. The van der Waals surface area contributed by atoms with Gasteiger partial charge in [0.2, 0.25) is 5.43 Å². The van der Waals surface area contributed by atoms with E-state index in [2.05, 4.69) is 6.07 Å². The number of thiophene rings is 1.